The van der Waals surface area contributed by atoms with Gasteiger partial charge >= 0.3 is 0 Å². The maximum Gasteiger partial charge on any atom is 0.252 e. The van der Waals surface area contributed by atoms with E-state index in [0.29, 0.717) is 45.8 Å². The quantitative estimate of drug-likeness (QED) is 0.253. The Morgan fingerprint density at radius 2 is 1.84 bits per heavy atom. The minimum absolute atomic E-state index is 0.0657. The molecule has 9 heteroatoms. The highest BCUT2D eigenvalue weighted by atomic mass is 79.9. The highest BCUT2D eigenvalue weighted by Crippen LogP contribution is 2.45. The molecular formula is C29H29BrCl2N2O4. The number of aliphatic imine (C=N–C) groups is 1. The first kappa shape index (κ1) is 28.4. The Morgan fingerprint density at radius 3 is 2.47 bits per heavy atom. The van der Waals surface area contributed by atoms with Crippen molar-refractivity contribution < 1.29 is 19.4 Å². The Kier molecular flexibility index (Phi) is 9.36. The van der Waals surface area contributed by atoms with Gasteiger partial charge in [-0.25, -0.2) is 4.99 Å². The Labute approximate surface area is 241 Å². The Hall–Kier alpha value is -2.58. The number of aliphatic hydroxyl groups is 1. The molecule has 38 heavy (non-hydrogen) atoms. The van der Waals surface area contributed by atoms with Gasteiger partial charge in [-0.2, -0.15) is 0 Å². The van der Waals surface area contributed by atoms with Gasteiger partial charge in [0.2, 0.25) is 5.90 Å². The van der Waals surface area contributed by atoms with Crippen molar-refractivity contribution in [1.29, 1.82) is 0 Å². The molecule has 0 aliphatic carbocycles. The van der Waals surface area contributed by atoms with Gasteiger partial charge in [0.25, 0.3) is 5.91 Å². The molecule has 1 aliphatic rings. The number of ether oxygens (including phenoxy) is 2. The van der Waals surface area contributed by atoms with Gasteiger partial charge in [0.05, 0.1) is 6.61 Å². The van der Waals surface area contributed by atoms with E-state index in [0.717, 1.165) is 10.0 Å². The summed E-state index contributed by atoms with van der Waals surface area (Å²) in [5.74, 6) is 0.737. The zero-order valence-electron chi connectivity index (χ0n) is 21.1. The number of nitrogens with zero attached hydrogens (tertiary/aromatic N) is 1. The fourth-order valence-corrected chi connectivity index (χ4v) is 5.05. The van der Waals surface area contributed by atoms with Crippen molar-refractivity contribution in [3.63, 3.8) is 0 Å². The first-order valence-electron chi connectivity index (χ1n) is 12.3. The number of amides is 1. The molecule has 0 bridgehead atoms. The summed E-state index contributed by atoms with van der Waals surface area (Å²) in [5.41, 5.74) is 0.907. The smallest absolute Gasteiger partial charge is 0.252 e. The molecule has 0 saturated heterocycles. The molecule has 0 spiro atoms. The lowest BCUT2D eigenvalue weighted by Gasteiger charge is -2.32. The summed E-state index contributed by atoms with van der Waals surface area (Å²) < 4.78 is 13.1. The zero-order chi connectivity index (χ0) is 27.3. The summed E-state index contributed by atoms with van der Waals surface area (Å²) in [6, 6.07) is 20.1. The van der Waals surface area contributed by atoms with Crippen molar-refractivity contribution in [1.82, 2.24) is 5.32 Å². The van der Waals surface area contributed by atoms with Crippen LogP contribution in [0.2, 0.25) is 10.0 Å². The molecule has 0 saturated carbocycles. The van der Waals surface area contributed by atoms with Crippen LogP contribution in [0.25, 0.3) is 0 Å². The van der Waals surface area contributed by atoms with Crippen molar-refractivity contribution in [3.05, 3.63) is 97.9 Å². The minimum atomic E-state index is -1.33. The van der Waals surface area contributed by atoms with Crippen molar-refractivity contribution in [2.45, 2.75) is 44.4 Å². The van der Waals surface area contributed by atoms with Crippen LogP contribution in [0.5, 0.6) is 5.75 Å². The molecular weight excluding hydrogens is 591 g/mol. The molecule has 2 atom stereocenters. The van der Waals surface area contributed by atoms with Crippen molar-refractivity contribution in [2.24, 2.45) is 4.99 Å². The zero-order valence-corrected chi connectivity index (χ0v) is 24.2. The van der Waals surface area contributed by atoms with Gasteiger partial charge in [0.15, 0.2) is 11.6 Å². The summed E-state index contributed by atoms with van der Waals surface area (Å²) in [6.45, 7) is 4.29. The van der Waals surface area contributed by atoms with E-state index in [1.165, 1.54) is 0 Å². The highest BCUT2D eigenvalue weighted by molar-refractivity contribution is 9.10. The van der Waals surface area contributed by atoms with Crippen LogP contribution in [-0.2, 0) is 16.0 Å². The lowest BCUT2D eigenvalue weighted by Crippen LogP contribution is -2.51. The van der Waals surface area contributed by atoms with Crippen molar-refractivity contribution in [2.75, 3.05) is 13.2 Å². The lowest BCUT2D eigenvalue weighted by atomic mass is 9.81. The average molecular weight is 620 g/mol. The molecule has 2 N–H and O–H groups in total. The second-order valence-corrected chi connectivity index (χ2v) is 11.1. The van der Waals surface area contributed by atoms with E-state index in [1.54, 1.807) is 18.2 Å². The third-order valence-corrected chi connectivity index (χ3v) is 7.17. The van der Waals surface area contributed by atoms with Crippen LogP contribution < -0.4 is 10.1 Å². The van der Waals surface area contributed by atoms with E-state index in [2.05, 4.69) is 21.2 Å². The normalized spacial score (nSPS) is 18.7. The molecule has 200 valence electrons. The molecule has 0 fully saturated rings. The second kappa shape index (κ2) is 12.5. The monoisotopic (exact) mass is 618 g/mol. The van der Waals surface area contributed by atoms with Gasteiger partial charge in [-0.3, -0.25) is 4.79 Å². The summed E-state index contributed by atoms with van der Waals surface area (Å²) in [7, 11) is 0. The Balaban J connectivity index is 1.80. The summed E-state index contributed by atoms with van der Waals surface area (Å²) in [4.78, 5) is 19.0. The predicted molar refractivity (Wildman–Crippen MR) is 154 cm³/mol. The van der Waals surface area contributed by atoms with Gasteiger partial charge in [-0.05, 0) is 67.9 Å². The number of benzene rings is 3. The summed E-state index contributed by atoms with van der Waals surface area (Å²) in [5, 5.41) is 12.9. The molecule has 1 amide bonds. The number of hydrogen-bond acceptors (Lipinski definition) is 5. The molecule has 0 radical (unpaired) electrons. The van der Waals surface area contributed by atoms with Crippen LogP contribution in [0.15, 0.2) is 76.2 Å². The topological polar surface area (TPSA) is 80.2 Å². The molecule has 3 aromatic rings. The van der Waals surface area contributed by atoms with Crippen LogP contribution in [0.1, 0.15) is 43.1 Å². The van der Waals surface area contributed by atoms with Gasteiger partial charge in [-0.1, -0.05) is 57.3 Å². The second-order valence-electron chi connectivity index (χ2n) is 9.39. The molecule has 4 rings (SSSR count). The molecule has 6 nitrogen and oxygen atoms in total. The van der Waals surface area contributed by atoms with Gasteiger partial charge in [0.1, 0.15) is 5.75 Å². The number of halogens is 3. The number of rotatable bonds is 10. The minimum Gasteiger partial charge on any atom is -0.494 e. The van der Waals surface area contributed by atoms with E-state index < -0.39 is 11.6 Å². The van der Waals surface area contributed by atoms with Crippen LogP contribution >= 0.6 is 39.1 Å². The van der Waals surface area contributed by atoms with Crippen molar-refractivity contribution >= 4 is 50.9 Å². The van der Waals surface area contributed by atoms with E-state index in [1.807, 2.05) is 62.4 Å². The van der Waals surface area contributed by atoms with Gasteiger partial charge in [-0.15, -0.1) is 0 Å². The number of carbonyl (C=O) groups is 1. The molecule has 3 aromatic carbocycles. The average Bonchev–Trinajstić information content (AvgIpc) is 3.26. The number of aliphatic hydroxyl groups excluding tert-OH is 1. The maximum absolute atomic E-state index is 14.0. The van der Waals surface area contributed by atoms with E-state index in [9.17, 15) is 4.79 Å². The van der Waals surface area contributed by atoms with Gasteiger partial charge < -0.3 is 19.9 Å². The third kappa shape index (κ3) is 6.52. The number of hydrogen-bond donors (Lipinski definition) is 2. The summed E-state index contributed by atoms with van der Waals surface area (Å²) >= 11 is 16.3. The highest BCUT2D eigenvalue weighted by Gasteiger charge is 2.54. The molecule has 0 aromatic heterocycles. The van der Waals surface area contributed by atoms with Gasteiger partial charge in [0, 0.05) is 51.1 Å². The molecule has 0 unspecified atom stereocenters. The molecule has 1 heterocycles. The largest absolute Gasteiger partial charge is 0.494 e. The standard InChI is InChI=1S/C29H29BrCl2N2O4/c1-18(2)33-28(36)29(17-19-4-8-21(30)9-5-19)26(24-13-10-22(31)16-25(24)32)38-27(34-29)20-6-11-23(12-7-20)37-15-3-14-35/h4-13,16,18,26,35H,3,14-15,17H2,1-2H3,(H,33,36)/t26-,29-/m1/s1. The van der Waals surface area contributed by atoms with Crippen LogP contribution in [0, 0.1) is 0 Å². The van der Waals surface area contributed by atoms with E-state index >= 15 is 0 Å². The molecule has 1 aliphatic heterocycles. The summed E-state index contributed by atoms with van der Waals surface area (Å²) in [6.07, 6.45) is 0.0315. The maximum atomic E-state index is 14.0. The SMILES string of the molecule is CC(C)NC(=O)[C@]1(Cc2ccc(Br)cc2)N=C(c2ccc(OCCCO)cc2)O[C@@H]1c1ccc(Cl)cc1Cl. The Bertz CT molecular complexity index is 1300. The van der Waals surface area contributed by atoms with E-state index in [-0.39, 0.29) is 25.0 Å². The Morgan fingerprint density at radius 1 is 1.13 bits per heavy atom. The van der Waals surface area contributed by atoms with Crippen LogP contribution in [-0.4, -0.2) is 41.7 Å². The fraction of sp³-hybridized carbons (Fsp3) is 0.310. The predicted octanol–water partition coefficient (Wildman–Crippen LogP) is 6.54. The first-order valence-corrected chi connectivity index (χ1v) is 13.9. The van der Waals surface area contributed by atoms with Crippen molar-refractivity contribution in [3.8, 4) is 5.75 Å². The fourth-order valence-electron chi connectivity index (χ4n) is 4.27. The van der Waals surface area contributed by atoms with Crippen LogP contribution in [0.3, 0.4) is 0 Å². The van der Waals surface area contributed by atoms with E-state index in [4.69, 9.17) is 42.8 Å². The number of carbonyl (C=O) groups excluding carboxylic acids is 1. The lowest BCUT2D eigenvalue weighted by molar-refractivity contribution is -0.129. The third-order valence-electron chi connectivity index (χ3n) is 6.08. The number of nitrogens with one attached hydrogen (secondary N) is 1. The first-order chi connectivity index (χ1) is 18.2. The van der Waals surface area contributed by atoms with Crippen LogP contribution in [0.4, 0.5) is 0 Å².